The number of halogens is 3. The summed E-state index contributed by atoms with van der Waals surface area (Å²) in [7, 11) is -11.7. The van der Waals surface area contributed by atoms with Crippen molar-refractivity contribution in [2.75, 3.05) is 5.75 Å². The van der Waals surface area contributed by atoms with Crippen LogP contribution in [0.2, 0.25) is 0 Å². The minimum absolute atomic E-state index is 0. The Morgan fingerprint density at radius 3 is 1.00 bits per heavy atom. The van der Waals surface area contributed by atoms with E-state index < -0.39 is 32.3 Å². The molecule has 0 saturated carbocycles. The summed E-state index contributed by atoms with van der Waals surface area (Å²) in [5, 5.41) is 41.7. The van der Waals surface area contributed by atoms with Gasteiger partial charge in [0.2, 0.25) is 0 Å². The maximum atomic E-state index is 10.1. The molecule has 7 N–H and O–H groups in total. The molecule has 20 heavy (non-hydrogen) atoms. The van der Waals surface area contributed by atoms with E-state index in [1.807, 2.05) is 0 Å². The van der Waals surface area contributed by atoms with E-state index in [0.717, 1.165) is 0 Å². The molecule has 0 heterocycles. The summed E-state index contributed by atoms with van der Waals surface area (Å²) in [6.07, 6.45) is 0.471. The zero-order chi connectivity index (χ0) is 16.6. The minimum atomic E-state index is -3.67. The van der Waals surface area contributed by atoms with Crippen LogP contribution in [0.5, 0.6) is 0 Å². The SMILES string of the molecule is CCCS(=O)(=O)O.OB(O)F.OB(O)F.OB(O)F.[LiH]. The molecule has 9 nitrogen and oxygen atoms in total. The van der Waals surface area contributed by atoms with Crippen molar-refractivity contribution >= 4 is 51.2 Å². The Morgan fingerprint density at radius 2 is 1.00 bits per heavy atom. The monoisotopic (exact) mass is 324 g/mol. The van der Waals surface area contributed by atoms with Gasteiger partial charge in [0.25, 0.3) is 10.1 Å². The van der Waals surface area contributed by atoms with Crippen LogP contribution in [0.4, 0.5) is 12.9 Å². The summed E-state index contributed by atoms with van der Waals surface area (Å²) in [6.45, 7) is 1.69. The Morgan fingerprint density at radius 1 is 0.850 bits per heavy atom. The molecule has 0 saturated heterocycles. The molecular weight excluding hydrogens is 308 g/mol. The van der Waals surface area contributed by atoms with Crippen LogP contribution >= 0.6 is 0 Å². The van der Waals surface area contributed by atoms with Gasteiger partial charge < -0.3 is 30.1 Å². The van der Waals surface area contributed by atoms with Crippen molar-refractivity contribution in [3.8, 4) is 0 Å². The zero-order valence-electron chi connectivity index (χ0n) is 9.64. The van der Waals surface area contributed by atoms with Crippen LogP contribution < -0.4 is 0 Å². The van der Waals surface area contributed by atoms with Gasteiger partial charge >= 0.3 is 41.0 Å². The van der Waals surface area contributed by atoms with Crippen LogP contribution in [0.25, 0.3) is 0 Å². The second-order valence-electron chi connectivity index (χ2n) is 2.22. The zero-order valence-corrected chi connectivity index (χ0v) is 10.5. The van der Waals surface area contributed by atoms with Crippen LogP contribution in [-0.4, -0.2) is 89.9 Å². The maximum absolute atomic E-state index is 10.1. The molecule has 0 aliphatic carbocycles. The van der Waals surface area contributed by atoms with Gasteiger partial charge in [-0.2, -0.15) is 8.42 Å². The third-order valence-corrected chi connectivity index (χ3v) is 1.39. The Hall–Kier alpha value is 0.252. The van der Waals surface area contributed by atoms with Gasteiger partial charge in [-0.3, -0.25) is 17.5 Å². The van der Waals surface area contributed by atoms with Crippen molar-refractivity contribution in [1.29, 1.82) is 0 Å². The Bertz CT molecular complexity index is 234. The average molecular weight is 324 g/mol. The molecule has 0 bridgehead atoms. The average Bonchev–Trinajstić information content (AvgIpc) is 1.96. The van der Waals surface area contributed by atoms with Crippen molar-refractivity contribution in [1.82, 2.24) is 0 Å². The van der Waals surface area contributed by atoms with E-state index in [1.54, 1.807) is 6.92 Å². The molecule has 0 spiro atoms. The molecular formula is C3H15B3F3LiO9S. The van der Waals surface area contributed by atoms with Gasteiger partial charge in [0, 0.05) is 0 Å². The van der Waals surface area contributed by atoms with Crippen LogP contribution in [0, 0.1) is 0 Å². The van der Waals surface area contributed by atoms with Gasteiger partial charge in [-0.15, -0.1) is 0 Å². The first-order chi connectivity index (χ1) is 8.26. The number of hydrogen-bond acceptors (Lipinski definition) is 8. The third-order valence-electron chi connectivity index (χ3n) is 0.462. The quantitative estimate of drug-likeness (QED) is 0.200. The molecule has 0 aromatic heterocycles. The van der Waals surface area contributed by atoms with Gasteiger partial charge in [0.1, 0.15) is 0 Å². The van der Waals surface area contributed by atoms with Crippen molar-refractivity contribution in [2.24, 2.45) is 0 Å². The van der Waals surface area contributed by atoms with Gasteiger partial charge in [-0.05, 0) is 6.42 Å². The van der Waals surface area contributed by atoms with Gasteiger partial charge in [0.15, 0.2) is 0 Å². The molecule has 0 amide bonds. The van der Waals surface area contributed by atoms with Gasteiger partial charge in [-0.1, -0.05) is 6.92 Å². The fraction of sp³-hybridized carbons (Fsp3) is 1.00. The fourth-order valence-electron chi connectivity index (χ4n) is 0.258. The molecule has 0 aliphatic heterocycles. The first kappa shape index (κ1) is 32.3. The predicted molar refractivity (Wildman–Crippen MR) is 67.8 cm³/mol. The number of hydrogen-bond donors (Lipinski definition) is 7. The Labute approximate surface area is 127 Å². The van der Waals surface area contributed by atoms with Gasteiger partial charge in [-0.25, -0.2) is 0 Å². The summed E-state index contributed by atoms with van der Waals surface area (Å²) in [5.41, 5.74) is 0. The fourth-order valence-corrected chi connectivity index (χ4v) is 0.774. The first-order valence-corrected chi connectivity index (χ1v) is 5.82. The van der Waals surface area contributed by atoms with E-state index in [1.165, 1.54) is 0 Å². The van der Waals surface area contributed by atoms with Crippen LogP contribution in [0.3, 0.4) is 0 Å². The topological polar surface area (TPSA) is 176 Å². The number of rotatable bonds is 2. The molecule has 118 valence electrons. The van der Waals surface area contributed by atoms with Crippen molar-refractivity contribution in [2.45, 2.75) is 13.3 Å². The predicted octanol–water partition coefficient (Wildman–Crippen LogP) is -3.59. The molecule has 0 aromatic carbocycles. The molecule has 0 atom stereocenters. The molecule has 0 fully saturated rings. The molecule has 17 heteroatoms. The van der Waals surface area contributed by atoms with E-state index in [0.29, 0.717) is 6.42 Å². The van der Waals surface area contributed by atoms with E-state index in [-0.39, 0.29) is 24.6 Å². The summed E-state index contributed by atoms with van der Waals surface area (Å²) >= 11 is 0. The van der Waals surface area contributed by atoms with Crippen LogP contribution in [-0.2, 0) is 10.1 Å². The molecule has 0 aromatic rings. The summed E-state index contributed by atoms with van der Waals surface area (Å²) in [6, 6.07) is 0. The standard InChI is InChI=1S/C3H8O3S.3BFH2O2.Li.H/c1-2-3-7(4,5)6;3*2-1(3)4;;/h2-3H2,1H3,(H,4,5,6);3*3-4H;;. The summed E-state index contributed by atoms with van der Waals surface area (Å²) in [4.78, 5) is 0. The van der Waals surface area contributed by atoms with E-state index >= 15 is 0 Å². The molecule has 0 aliphatic rings. The van der Waals surface area contributed by atoms with Crippen molar-refractivity contribution in [3.05, 3.63) is 0 Å². The Balaban J connectivity index is -0.0000000512. The Kier molecular flexibility index (Phi) is 34.8. The second kappa shape index (κ2) is 21.5. The van der Waals surface area contributed by atoms with E-state index in [9.17, 15) is 21.4 Å². The normalized spacial score (nSPS) is 8.15. The molecule has 0 unspecified atom stereocenters. The van der Waals surface area contributed by atoms with Crippen LogP contribution in [0.15, 0.2) is 0 Å². The molecule has 0 radical (unpaired) electrons. The summed E-state index contributed by atoms with van der Waals surface area (Å²) < 4.78 is 57.9. The third kappa shape index (κ3) is 300. The van der Waals surface area contributed by atoms with Crippen molar-refractivity contribution < 1.29 is 56.1 Å². The first-order valence-electron chi connectivity index (χ1n) is 4.22. The summed E-state index contributed by atoms with van der Waals surface area (Å²) in [5.74, 6) is -0.132. The van der Waals surface area contributed by atoms with Crippen LogP contribution in [0.1, 0.15) is 13.3 Å². The van der Waals surface area contributed by atoms with E-state index in [2.05, 4.69) is 0 Å². The van der Waals surface area contributed by atoms with E-state index in [4.69, 9.17) is 34.7 Å². The van der Waals surface area contributed by atoms with Gasteiger partial charge in [0.05, 0.1) is 5.75 Å². The second-order valence-corrected chi connectivity index (χ2v) is 3.79. The molecule has 0 rings (SSSR count). The van der Waals surface area contributed by atoms with Crippen molar-refractivity contribution in [3.63, 3.8) is 0 Å².